The van der Waals surface area contributed by atoms with E-state index in [1.165, 1.54) is 4.90 Å². The molecule has 0 N–H and O–H groups in total. The molecule has 0 aromatic heterocycles. The molecule has 23 heavy (non-hydrogen) atoms. The van der Waals surface area contributed by atoms with Gasteiger partial charge in [0.1, 0.15) is 12.1 Å². The van der Waals surface area contributed by atoms with Gasteiger partial charge in [0, 0.05) is 23.8 Å². The number of amides is 4. The predicted molar refractivity (Wildman–Crippen MR) is 84.2 cm³/mol. The summed E-state index contributed by atoms with van der Waals surface area (Å²) in [7, 11) is 0. The Morgan fingerprint density at radius 3 is 2.57 bits per heavy atom. The van der Waals surface area contributed by atoms with Crippen LogP contribution >= 0.6 is 11.6 Å². The van der Waals surface area contributed by atoms with Gasteiger partial charge < -0.3 is 9.80 Å². The maximum atomic E-state index is 12.7. The van der Waals surface area contributed by atoms with Crippen molar-refractivity contribution in [3.05, 3.63) is 29.3 Å². The van der Waals surface area contributed by atoms with E-state index in [4.69, 9.17) is 11.6 Å². The highest BCUT2D eigenvalue weighted by Gasteiger charge is 2.53. The summed E-state index contributed by atoms with van der Waals surface area (Å²) in [6, 6.07) is 5.66. The van der Waals surface area contributed by atoms with E-state index in [9.17, 15) is 14.4 Å². The summed E-state index contributed by atoms with van der Waals surface area (Å²) in [6.45, 7) is 1.08. The number of benzene rings is 1. The number of halogens is 1. The number of hydrogen-bond donors (Lipinski definition) is 0. The van der Waals surface area contributed by atoms with Crippen molar-refractivity contribution in [2.24, 2.45) is 0 Å². The number of anilines is 1. The van der Waals surface area contributed by atoms with Gasteiger partial charge in [-0.25, -0.2) is 9.69 Å². The van der Waals surface area contributed by atoms with Crippen molar-refractivity contribution in [2.45, 2.75) is 31.3 Å². The van der Waals surface area contributed by atoms with E-state index in [-0.39, 0.29) is 23.9 Å². The number of rotatable bonds is 2. The molecule has 4 rings (SSSR count). The van der Waals surface area contributed by atoms with Crippen LogP contribution in [0.4, 0.5) is 10.5 Å². The number of carbonyl (C=O) groups excluding carboxylic acids is 3. The molecule has 2 atom stereocenters. The van der Waals surface area contributed by atoms with Crippen LogP contribution in [0.1, 0.15) is 19.3 Å². The van der Waals surface area contributed by atoms with Crippen molar-refractivity contribution in [3.63, 3.8) is 0 Å². The number of urea groups is 1. The Hall–Kier alpha value is -2.08. The molecule has 0 radical (unpaired) electrons. The fourth-order valence-corrected chi connectivity index (χ4v) is 3.92. The molecule has 2 unspecified atom stereocenters. The molecule has 3 aliphatic rings. The van der Waals surface area contributed by atoms with Gasteiger partial charge in [0.2, 0.25) is 5.91 Å². The third kappa shape index (κ3) is 2.12. The number of hydrogen-bond acceptors (Lipinski definition) is 3. The molecular weight excluding hydrogens is 318 g/mol. The molecule has 1 aromatic carbocycles. The first-order valence-electron chi connectivity index (χ1n) is 7.78. The summed E-state index contributed by atoms with van der Waals surface area (Å²) in [5.74, 6) is -0.436. The molecule has 3 fully saturated rings. The Balaban J connectivity index is 1.59. The summed E-state index contributed by atoms with van der Waals surface area (Å²) in [5, 5.41) is 0.549. The lowest BCUT2D eigenvalue weighted by Crippen LogP contribution is -2.46. The maximum Gasteiger partial charge on any atom is 0.328 e. The quantitative estimate of drug-likeness (QED) is 0.776. The zero-order chi connectivity index (χ0) is 16.1. The lowest BCUT2D eigenvalue weighted by Gasteiger charge is -2.22. The Bertz CT molecular complexity index is 686. The van der Waals surface area contributed by atoms with Crippen LogP contribution in [0.5, 0.6) is 0 Å². The fourth-order valence-electron chi connectivity index (χ4n) is 3.74. The van der Waals surface area contributed by atoms with Gasteiger partial charge in [-0.2, -0.15) is 0 Å². The monoisotopic (exact) mass is 333 g/mol. The van der Waals surface area contributed by atoms with Crippen molar-refractivity contribution >= 4 is 35.1 Å². The Morgan fingerprint density at radius 1 is 1.00 bits per heavy atom. The molecule has 0 bridgehead atoms. The highest BCUT2D eigenvalue weighted by Crippen LogP contribution is 2.33. The molecular formula is C16H16ClN3O3. The minimum Gasteiger partial charge on any atom is -0.312 e. The van der Waals surface area contributed by atoms with E-state index in [1.54, 1.807) is 34.1 Å². The summed E-state index contributed by atoms with van der Waals surface area (Å²) < 4.78 is 0. The van der Waals surface area contributed by atoms with E-state index in [1.807, 2.05) is 0 Å². The fraction of sp³-hybridized carbons (Fsp3) is 0.438. The number of nitrogens with zero attached hydrogens (tertiary/aromatic N) is 3. The molecule has 7 heteroatoms. The summed E-state index contributed by atoms with van der Waals surface area (Å²) in [5.41, 5.74) is 0.699. The Labute approximate surface area is 138 Å². The van der Waals surface area contributed by atoms with Crippen LogP contribution in [0.2, 0.25) is 5.02 Å². The van der Waals surface area contributed by atoms with E-state index in [2.05, 4.69) is 0 Å². The van der Waals surface area contributed by atoms with Crippen molar-refractivity contribution in [1.29, 1.82) is 0 Å². The van der Waals surface area contributed by atoms with Gasteiger partial charge in [-0.1, -0.05) is 17.7 Å². The highest BCUT2D eigenvalue weighted by atomic mass is 35.5. The van der Waals surface area contributed by atoms with Crippen LogP contribution in [0, 0.1) is 0 Å². The van der Waals surface area contributed by atoms with Crippen molar-refractivity contribution in [3.8, 4) is 0 Å². The zero-order valence-corrected chi connectivity index (χ0v) is 13.2. The van der Waals surface area contributed by atoms with Crippen LogP contribution in [0.3, 0.4) is 0 Å². The first-order valence-corrected chi connectivity index (χ1v) is 8.16. The second-order valence-corrected chi connectivity index (χ2v) is 6.55. The predicted octanol–water partition coefficient (Wildman–Crippen LogP) is 1.87. The first-order chi connectivity index (χ1) is 11.1. The van der Waals surface area contributed by atoms with Gasteiger partial charge in [0.15, 0.2) is 0 Å². The van der Waals surface area contributed by atoms with E-state index in [0.717, 1.165) is 6.42 Å². The molecule has 0 aliphatic carbocycles. The third-order valence-electron chi connectivity index (χ3n) is 4.84. The van der Waals surface area contributed by atoms with E-state index in [0.29, 0.717) is 36.6 Å². The van der Waals surface area contributed by atoms with Gasteiger partial charge >= 0.3 is 6.03 Å². The van der Waals surface area contributed by atoms with E-state index < -0.39 is 6.04 Å². The van der Waals surface area contributed by atoms with E-state index >= 15 is 0 Å². The van der Waals surface area contributed by atoms with Crippen LogP contribution in [-0.2, 0) is 9.59 Å². The van der Waals surface area contributed by atoms with Gasteiger partial charge in [0.25, 0.3) is 5.91 Å². The molecule has 0 saturated carbocycles. The van der Waals surface area contributed by atoms with Gasteiger partial charge in [-0.05, 0) is 37.5 Å². The minimum atomic E-state index is -0.695. The van der Waals surface area contributed by atoms with Crippen LogP contribution in [0.15, 0.2) is 24.3 Å². The summed E-state index contributed by atoms with van der Waals surface area (Å²) in [4.78, 5) is 42.1. The minimum absolute atomic E-state index is 0.213. The maximum absolute atomic E-state index is 12.7. The van der Waals surface area contributed by atoms with Crippen LogP contribution < -0.4 is 4.90 Å². The smallest absolute Gasteiger partial charge is 0.312 e. The molecule has 3 heterocycles. The van der Waals surface area contributed by atoms with Crippen molar-refractivity contribution in [2.75, 3.05) is 18.0 Å². The van der Waals surface area contributed by atoms with Crippen molar-refractivity contribution < 1.29 is 14.4 Å². The Kier molecular flexibility index (Phi) is 3.30. The first kappa shape index (κ1) is 14.5. The van der Waals surface area contributed by atoms with Crippen LogP contribution in [0.25, 0.3) is 0 Å². The third-order valence-corrected chi connectivity index (χ3v) is 5.07. The average Bonchev–Trinajstić information content (AvgIpc) is 3.19. The van der Waals surface area contributed by atoms with Crippen molar-refractivity contribution in [1.82, 2.24) is 9.80 Å². The van der Waals surface area contributed by atoms with Gasteiger partial charge in [-0.15, -0.1) is 0 Å². The normalized spacial score (nSPS) is 27.3. The van der Waals surface area contributed by atoms with Gasteiger partial charge in [-0.3, -0.25) is 9.59 Å². The number of fused-ring (bicyclic) bond motifs is 1. The lowest BCUT2D eigenvalue weighted by atomic mass is 10.1. The zero-order valence-electron chi connectivity index (χ0n) is 12.4. The molecule has 4 amide bonds. The highest BCUT2D eigenvalue weighted by molar-refractivity contribution is 6.31. The number of carbonyl (C=O) groups is 3. The second kappa shape index (κ2) is 5.23. The largest absolute Gasteiger partial charge is 0.328 e. The molecule has 3 aliphatic heterocycles. The number of imide groups is 1. The Morgan fingerprint density at radius 2 is 1.83 bits per heavy atom. The molecule has 6 nitrogen and oxygen atoms in total. The topological polar surface area (TPSA) is 60.9 Å². The molecule has 0 spiro atoms. The lowest BCUT2D eigenvalue weighted by molar-refractivity contribution is -0.133. The SMILES string of the molecule is O=C1C(N2C(=O)C3CCCN3C2=O)CCN1c1cccc(Cl)c1. The molecule has 120 valence electrons. The standard InChI is InChI=1S/C16H16ClN3O3/c17-10-3-1-4-11(9-10)18-8-6-13(14(18)21)20-15(22)12-5-2-7-19(12)16(20)23/h1,3-4,9,12-13H,2,5-8H2. The molecule has 3 saturated heterocycles. The average molecular weight is 334 g/mol. The summed E-state index contributed by atoms with van der Waals surface area (Å²) in [6.07, 6.45) is 2.01. The van der Waals surface area contributed by atoms with Gasteiger partial charge in [0.05, 0.1) is 0 Å². The van der Waals surface area contributed by atoms with Crippen LogP contribution in [-0.4, -0.2) is 52.8 Å². The summed E-state index contributed by atoms with van der Waals surface area (Å²) >= 11 is 5.98. The molecule has 1 aromatic rings. The second-order valence-electron chi connectivity index (χ2n) is 6.12.